The molecule has 1 aromatic rings. The summed E-state index contributed by atoms with van der Waals surface area (Å²) < 4.78 is 0. The third-order valence-corrected chi connectivity index (χ3v) is 4.64. The third-order valence-electron chi connectivity index (χ3n) is 4.64. The summed E-state index contributed by atoms with van der Waals surface area (Å²) in [6.45, 7) is 7.07. The van der Waals surface area contributed by atoms with Gasteiger partial charge < -0.3 is 10.2 Å². The molecule has 2 aliphatic rings. The molecule has 3 nitrogen and oxygen atoms in total. The van der Waals surface area contributed by atoms with Crippen LogP contribution in [0.15, 0.2) is 24.3 Å². The Kier molecular flexibility index (Phi) is 3.31. The maximum absolute atomic E-state index is 12.8. The van der Waals surface area contributed by atoms with Crippen LogP contribution in [-0.2, 0) is 4.79 Å². The van der Waals surface area contributed by atoms with Crippen molar-refractivity contribution in [1.29, 1.82) is 0 Å². The topological polar surface area (TPSA) is 32.3 Å². The van der Waals surface area contributed by atoms with Crippen molar-refractivity contribution < 1.29 is 4.79 Å². The van der Waals surface area contributed by atoms with Crippen LogP contribution in [0, 0.1) is 11.8 Å². The first-order valence-electron chi connectivity index (χ1n) is 7.29. The SMILES string of the molecule is CC1CCN(C(=O)[C@@H]2CNC[C@H]2C)c2ccccc21. The number of fused-ring (bicyclic) bond motifs is 1. The van der Waals surface area contributed by atoms with E-state index in [0.29, 0.717) is 17.7 Å². The molecule has 1 fully saturated rings. The van der Waals surface area contributed by atoms with Gasteiger partial charge in [0.05, 0.1) is 5.92 Å². The highest BCUT2D eigenvalue weighted by molar-refractivity contribution is 5.96. The van der Waals surface area contributed by atoms with Gasteiger partial charge in [0.1, 0.15) is 0 Å². The van der Waals surface area contributed by atoms with Gasteiger partial charge in [-0.15, -0.1) is 0 Å². The summed E-state index contributed by atoms with van der Waals surface area (Å²) in [5.74, 6) is 1.44. The minimum absolute atomic E-state index is 0.140. The maximum atomic E-state index is 12.8. The number of nitrogens with zero attached hydrogens (tertiary/aromatic N) is 1. The Morgan fingerprint density at radius 1 is 1.26 bits per heavy atom. The molecule has 0 bridgehead atoms. The van der Waals surface area contributed by atoms with Crippen LogP contribution < -0.4 is 10.2 Å². The smallest absolute Gasteiger partial charge is 0.231 e. The summed E-state index contributed by atoms with van der Waals surface area (Å²) in [5, 5.41) is 3.33. The van der Waals surface area contributed by atoms with E-state index < -0.39 is 0 Å². The quantitative estimate of drug-likeness (QED) is 0.839. The zero-order chi connectivity index (χ0) is 13.4. The fraction of sp³-hybridized carbons (Fsp3) is 0.562. The van der Waals surface area contributed by atoms with Gasteiger partial charge in [0.2, 0.25) is 5.91 Å². The summed E-state index contributed by atoms with van der Waals surface area (Å²) >= 11 is 0. The zero-order valence-corrected chi connectivity index (χ0v) is 11.7. The molecule has 3 atom stereocenters. The number of hydrogen-bond donors (Lipinski definition) is 1. The van der Waals surface area contributed by atoms with Gasteiger partial charge in [0.15, 0.2) is 0 Å². The van der Waals surface area contributed by atoms with E-state index in [1.165, 1.54) is 5.56 Å². The standard InChI is InChI=1S/C16H22N2O/c1-11-7-8-18(15-6-4-3-5-13(11)15)16(19)14-10-17-9-12(14)2/h3-6,11-12,14,17H,7-10H2,1-2H3/t11?,12-,14-/m1/s1. The largest absolute Gasteiger partial charge is 0.316 e. The number of carbonyl (C=O) groups is 1. The van der Waals surface area contributed by atoms with Crippen LogP contribution >= 0.6 is 0 Å². The predicted molar refractivity (Wildman–Crippen MR) is 77.4 cm³/mol. The van der Waals surface area contributed by atoms with Gasteiger partial charge in [-0.2, -0.15) is 0 Å². The molecule has 0 saturated carbocycles. The highest BCUT2D eigenvalue weighted by Gasteiger charge is 2.35. The second-order valence-electron chi connectivity index (χ2n) is 5.98. The number of para-hydroxylation sites is 1. The van der Waals surface area contributed by atoms with Crippen LogP contribution in [0.1, 0.15) is 31.7 Å². The molecule has 2 aliphatic heterocycles. The van der Waals surface area contributed by atoms with Crippen molar-refractivity contribution in [2.45, 2.75) is 26.2 Å². The molecule has 0 aliphatic carbocycles. The molecule has 1 saturated heterocycles. The summed E-state index contributed by atoms with van der Waals surface area (Å²) in [6, 6.07) is 8.36. The molecular weight excluding hydrogens is 236 g/mol. The first kappa shape index (κ1) is 12.7. The molecular formula is C16H22N2O. The molecule has 3 heteroatoms. The second kappa shape index (κ2) is 4.97. The first-order chi connectivity index (χ1) is 9.18. The van der Waals surface area contributed by atoms with E-state index in [1.54, 1.807) is 0 Å². The molecule has 3 rings (SSSR count). The Morgan fingerprint density at radius 3 is 2.79 bits per heavy atom. The fourth-order valence-electron chi connectivity index (χ4n) is 3.32. The lowest BCUT2D eigenvalue weighted by atomic mass is 9.89. The molecule has 2 heterocycles. The van der Waals surface area contributed by atoms with Crippen molar-refractivity contribution in [2.24, 2.45) is 11.8 Å². The molecule has 1 amide bonds. The third kappa shape index (κ3) is 2.16. The summed E-state index contributed by atoms with van der Waals surface area (Å²) in [5.41, 5.74) is 2.45. The van der Waals surface area contributed by atoms with Crippen molar-refractivity contribution >= 4 is 11.6 Å². The number of rotatable bonds is 1. The van der Waals surface area contributed by atoms with E-state index in [-0.39, 0.29) is 5.92 Å². The second-order valence-corrected chi connectivity index (χ2v) is 5.98. The molecule has 0 radical (unpaired) electrons. The van der Waals surface area contributed by atoms with E-state index in [4.69, 9.17) is 0 Å². The molecule has 19 heavy (non-hydrogen) atoms. The minimum Gasteiger partial charge on any atom is -0.316 e. The minimum atomic E-state index is 0.140. The van der Waals surface area contributed by atoms with Gasteiger partial charge in [-0.25, -0.2) is 0 Å². The first-order valence-corrected chi connectivity index (χ1v) is 7.29. The number of amides is 1. The number of benzene rings is 1. The Balaban J connectivity index is 1.90. The molecule has 1 N–H and O–H groups in total. The highest BCUT2D eigenvalue weighted by Crippen LogP contribution is 2.36. The van der Waals surface area contributed by atoms with Gasteiger partial charge in [0, 0.05) is 18.8 Å². The Hall–Kier alpha value is -1.35. The van der Waals surface area contributed by atoms with Crippen molar-refractivity contribution in [2.75, 3.05) is 24.5 Å². The van der Waals surface area contributed by atoms with Crippen molar-refractivity contribution in [3.05, 3.63) is 29.8 Å². The van der Waals surface area contributed by atoms with Crippen LogP contribution in [0.2, 0.25) is 0 Å². The maximum Gasteiger partial charge on any atom is 0.231 e. The molecule has 1 unspecified atom stereocenters. The van der Waals surface area contributed by atoms with Gasteiger partial charge in [-0.1, -0.05) is 32.0 Å². The molecule has 1 aromatic carbocycles. The van der Waals surface area contributed by atoms with Crippen molar-refractivity contribution in [3.8, 4) is 0 Å². The van der Waals surface area contributed by atoms with E-state index in [9.17, 15) is 4.79 Å². The Bertz CT molecular complexity index is 485. The lowest BCUT2D eigenvalue weighted by Gasteiger charge is -2.35. The van der Waals surface area contributed by atoms with Crippen molar-refractivity contribution in [1.82, 2.24) is 5.32 Å². The van der Waals surface area contributed by atoms with Crippen LogP contribution in [0.3, 0.4) is 0 Å². The highest BCUT2D eigenvalue weighted by atomic mass is 16.2. The van der Waals surface area contributed by atoms with Crippen molar-refractivity contribution in [3.63, 3.8) is 0 Å². The van der Waals surface area contributed by atoms with Crippen LogP contribution in [0.4, 0.5) is 5.69 Å². The molecule has 102 valence electrons. The van der Waals surface area contributed by atoms with E-state index in [0.717, 1.165) is 31.7 Å². The molecule has 0 aromatic heterocycles. The van der Waals surface area contributed by atoms with Gasteiger partial charge >= 0.3 is 0 Å². The zero-order valence-electron chi connectivity index (χ0n) is 11.7. The average Bonchev–Trinajstić information content (AvgIpc) is 2.85. The van der Waals surface area contributed by atoms with E-state index >= 15 is 0 Å². The summed E-state index contributed by atoms with van der Waals surface area (Å²) in [6.07, 6.45) is 1.07. The van der Waals surface area contributed by atoms with Crippen LogP contribution in [0.5, 0.6) is 0 Å². The number of anilines is 1. The van der Waals surface area contributed by atoms with E-state index in [1.807, 2.05) is 11.0 Å². The monoisotopic (exact) mass is 258 g/mol. The number of nitrogens with one attached hydrogen (secondary N) is 1. The average molecular weight is 258 g/mol. The van der Waals surface area contributed by atoms with Gasteiger partial charge in [-0.3, -0.25) is 4.79 Å². The Labute approximate surface area is 115 Å². The van der Waals surface area contributed by atoms with E-state index in [2.05, 4.69) is 37.4 Å². The normalized spacial score (nSPS) is 30.2. The lowest BCUT2D eigenvalue weighted by molar-refractivity contribution is -0.122. The van der Waals surface area contributed by atoms with Crippen LogP contribution in [0.25, 0.3) is 0 Å². The fourth-order valence-corrected chi connectivity index (χ4v) is 3.32. The Morgan fingerprint density at radius 2 is 2.05 bits per heavy atom. The summed E-state index contributed by atoms with van der Waals surface area (Å²) in [4.78, 5) is 14.8. The predicted octanol–water partition coefficient (Wildman–Crippen LogP) is 2.38. The number of carbonyl (C=O) groups excluding carboxylic acids is 1. The number of hydrogen-bond acceptors (Lipinski definition) is 2. The summed E-state index contributed by atoms with van der Waals surface area (Å²) in [7, 11) is 0. The van der Waals surface area contributed by atoms with Gasteiger partial charge in [-0.05, 0) is 36.4 Å². The van der Waals surface area contributed by atoms with Crippen LogP contribution in [-0.4, -0.2) is 25.5 Å². The molecule has 0 spiro atoms. The van der Waals surface area contributed by atoms with Gasteiger partial charge in [0.25, 0.3) is 0 Å². The lowest BCUT2D eigenvalue weighted by Crippen LogP contribution is -2.42.